The van der Waals surface area contributed by atoms with Gasteiger partial charge in [0.1, 0.15) is 0 Å². The van der Waals surface area contributed by atoms with Crippen molar-refractivity contribution < 1.29 is 9.59 Å². The van der Waals surface area contributed by atoms with Gasteiger partial charge in [-0.25, -0.2) is 0 Å². The third-order valence-corrected chi connectivity index (χ3v) is 3.81. The molecule has 0 spiro atoms. The van der Waals surface area contributed by atoms with Crippen molar-refractivity contribution in [3.63, 3.8) is 0 Å². The number of rotatable bonds is 4. The molecule has 3 rings (SSSR count). The van der Waals surface area contributed by atoms with Crippen LogP contribution in [-0.4, -0.2) is 36.9 Å². The summed E-state index contributed by atoms with van der Waals surface area (Å²) in [5, 5.41) is 4.95. The third-order valence-electron chi connectivity index (χ3n) is 3.81. The second-order valence-electron chi connectivity index (χ2n) is 5.13. The zero-order valence-corrected chi connectivity index (χ0v) is 11.8. The van der Waals surface area contributed by atoms with Crippen LogP contribution in [0.5, 0.6) is 0 Å². The minimum absolute atomic E-state index is 0.253. The predicted molar refractivity (Wildman–Crippen MR) is 82.5 cm³/mol. The molecule has 0 saturated carbocycles. The van der Waals surface area contributed by atoms with Crippen LogP contribution >= 0.6 is 0 Å². The van der Waals surface area contributed by atoms with E-state index >= 15 is 0 Å². The van der Waals surface area contributed by atoms with Crippen LogP contribution in [0.4, 0.5) is 5.69 Å². The van der Waals surface area contributed by atoms with Gasteiger partial charge >= 0.3 is 0 Å². The molecule has 21 heavy (non-hydrogen) atoms. The molecule has 1 heterocycles. The lowest BCUT2D eigenvalue weighted by molar-refractivity contribution is 0.0651. The quantitative estimate of drug-likeness (QED) is 0.663. The molecule has 5 nitrogen and oxygen atoms in total. The fourth-order valence-corrected chi connectivity index (χ4v) is 2.70. The summed E-state index contributed by atoms with van der Waals surface area (Å²) in [4.78, 5) is 25.7. The minimum atomic E-state index is -0.253. The van der Waals surface area contributed by atoms with Crippen LogP contribution in [-0.2, 0) is 0 Å². The molecule has 0 fully saturated rings. The van der Waals surface area contributed by atoms with Gasteiger partial charge in [0.05, 0.1) is 0 Å². The van der Waals surface area contributed by atoms with Gasteiger partial charge in [-0.2, -0.15) is 0 Å². The van der Waals surface area contributed by atoms with E-state index in [4.69, 9.17) is 5.73 Å². The Hall–Kier alpha value is -2.40. The van der Waals surface area contributed by atoms with E-state index in [0.717, 1.165) is 29.4 Å². The van der Waals surface area contributed by atoms with E-state index in [2.05, 4.69) is 5.32 Å². The maximum atomic E-state index is 12.3. The summed E-state index contributed by atoms with van der Waals surface area (Å²) in [5.74, 6) is -0.505. The van der Waals surface area contributed by atoms with Crippen molar-refractivity contribution in [2.24, 2.45) is 5.73 Å². The molecule has 0 saturated heterocycles. The number of nitrogens with one attached hydrogen (secondary N) is 1. The molecule has 3 N–H and O–H groups in total. The molecule has 1 aliphatic heterocycles. The first-order valence-corrected chi connectivity index (χ1v) is 6.97. The van der Waals surface area contributed by atoms with Gasteiger partial charge in [0.2, 0.25) is 0 Å². The lowest BCUT2D eigenvalue weighted by Crippen LogP contribution is -2.36. The van der Waals surface area contributed by atoms with Gasteiger partial charge in [0.25, 0.3) is 11.8 Å². The second kappa shape index (κ2) is 5.18. The summed E-state index contributed by atoms with van der Waals surface area (Å²) in [6, 6.07) is 9.21. The normalized spacial score (nSPS) is 13.9. The zero-order valence-electron chi connectivity index (χ0n) is 11.8. The van der Waals surface area contributed by atoms with Crippen molar-refractivity contribution in [3.8, 4) is 0 Å². The topological polar surface area (TPSA) is 75.4 Å². The highest BCUT2D eigenvalue weighted by Gasteiger charge is 2.30. The Morgan fingerprint density at radius 2 is 1.81 bits per heavy atom. The van der Waals surface area contributed by atoms with Gasteiger partial charge < -0.3 is 11.1 Å². The molecule has 0 radical (unpaired) electrons. The monoisotopic (exact) mass is 283 g/mol. The fraction of sp³-hybridized carbons (Fsp3) is 0.250. The van der Waals surface area contributed by atoms with Crippen LogP contribution < -0.4 is 11.1 Å². The summed E-state index contributed by atoms with van der Waals surface area (Å²) in [5.41, 5.74) is 7.58. The molecule has 0 atom stereocenters. The maximum absolute atomic E-state index is 12.3. The Bertz CT molecular complexity index is 717. The number of imide groups is 1. The molecule has 0 aromatic heterocycles. The van der Waals surface area contributed by atoms with Crippen molar-refractivity contribution in [3.05, 3.63) is 41.5 Å². The predicted octanol–water partition coefficient (Wildman–Crippen LogP) is 1.83. The molecular formula is C16H17N3O2. The maximum Gasteiger partial charge on any atom is 0.261 e. The molecule has 0 aliphatic carbocycles. The van der Waals surface area contributed by atoms with Crippen LogP contribution in [0.25, 0.3) is 10.8 Å². The van der Waals surface area contributed by atoms with E-state index in [0.29, 0.717) is 17.7 Å². The molecule has 1 aliphatic rings. The Morgan fingerprint density at radius 3 is 2.52 bits per heavy atom. The number of anilines is 1. The number of amides is 2. The first-order valence-electron chi connectivity index (χ1n) is 6.97. The Kier molecular flexibility index (Phi) is 3.35. The van der Waals surface area contributed by atoms with Crippen molar-refractivity contribution in [2.45, 2.75) is 6.42 Å². The zero-order chi connectivity index (χ0) is 15.0. The van der Waals surface area contributed by atoms with Gasteiger partial charge in [-0.05, 0) is 31.2 Å². The Labute approximate surface area is 122 Å². The van der Waals surface area contributed by atoms with Crippen LogP contribution in [0.3, 0.4) is 0 Å². The smallest absolute Gasteiger partial charge is 0.261 e. The number of hydrogen-bond donors (Lipinski definition) is 2. The lowest BCUT2D eigenvalue weighted by Gasteiger charge is -2.24. The minimum Gasteiger partial charge on any atom is -0.384 e. The molecule has 5 heteroatoms. The van der Waals surface area contributed by atoms with Crippen molar-refractivity contribution in [2.75, 3.05) is 25.5 Å². The SMILES string of the molecule is CN1C(=O)c2cccc3c(NCCCN)ccc(c23)C1=O. The summed E-state index contributed by atoms with van der Waals surface area (Å²) in [7, 11) is 1.51. The van der Waals surface area contributed by atoms with Gasteiger partial charge in [-0.3, -0.25) is 14.5 Å². The van der Waals surface area contributed by atoms with E-state index in [9.17, 15) is 9.59 Å². The fourth-order valence-electron chi connectivity index (χ4n) is 2.70. The molecule has 2 aromatic rings. The van der Waals surface area contributed by atoms with Gasteiger partial charge in [0.15, 0.2) is 0 Å². The van der Waals surface area contributed by atoms with E-state index < -0.39 is 0 Å². The number of nitrogens with two attached hydrogens (primary N) is 1. The number of hydrogen-bond acceptors (Lipinski definition) is 4. The van der Waals surface area contributed by atoms with E-state index in [1.54, 1.807) is 12.1 Å². The molecule has 2 amide bonds. The van der Waals surface area contributed by atoms with Crippen LogP contribution in [0.15, 0.2) is 30.3 Å². The third kappa shape index (κ3) is 2.06. The van der Waals surface area contributed by atoms with Crippen LogP contribution in [0.1, 0.15) is 27.1 Å². The molecule has 2 aromatic carbocycles. The van der Waals surface area contributed by atoms with E-state index in [-0.39, 0.29) is 11.8 Å². The number of carbonyl (C=O) groups is 2. The number of carbonyl (C=O) groups excluding carboxylic acids is 2. The van der Waals surface area contributed by atoms with Crippen molar-refractivity contribution in [1.82, 2.24) is 4.90 Å². The number of benzene rings is 2. The second-order valence-corrected chi connectivity index (χ2v) is 5.13. The molecule has 0 unspecified atom stereocenters. The van der Waals surface area contributed by atoms with Crippen molar-refractivity contribution >= 4 is 28.3 Å². The molecule has 108 valence electrons. The van der Waals surface area contributed by atoms with Gasteiger partial charge in [0, 0.05) is 41.2 Å². The first-order chi connectivity index (χ1) is 10.1. The highest BCUT2D eigenvalue weighted by Crippen LogP contribution is 2.33. The van der Waals surface area contributed by atoms with Crippen molar-refractivity contribution in [1.29, 1.82) is 0 Å². The highest BCUT2D eigenvalue weighted by atomic mass is 16.2. The summed E-state index contributed by atoms with van der Waals surface area (Å²) in [6.45, 7) is 1.38. The standard InChI is InChI=1S/C16H17N3O2/c1-19-15(20)11-5-2-4-10-13(18-9-3-8-17)7-6-12(14(10)11)16(19)21/h2,4-7,18H,3,8-9,17H2,1H3. The Morgan fingerprint density at radius 1 is 1.10 bits per heavy atom. The van der Waals surface area contributed by atoms with Gasteiger partial charge in [-0.15, -0.1) is 0 Å². The van der Waals surface area contributed by atoms with Gasteiger partial charge in [-0.1, -0.05) is 12.1 Å². The highest BCUT2D eigenvalue weighted by molar-refractivity contribution is 6.26. The summed E-state index contributed by atoms with van der Waals surface area (Å²) < 4.78 is 0. The molecular weight excluding hydrogens is 266 g/mol. The summed E-state index contributed by atoms with van der Waals surface area (Å²) in [6.07, 6.45) is 0.865. The largest absolute Gasteiger partial charge is 0.384 e. The summed E-state index contributed by atoms with van der Waals surface area (Å²) >= 11 is 0. The first kappa shape index (κ1) is 13.6. The number of nitrogens with zero attached hydrogens (tertiary/aromatic N) is 1. The average Bonchev–Trinajstić information content (AvgIpc) is 2.51. The average molecular weight is 283 g/mol. The van der Waals surface area contributed by atoms with E-state index in [1.165, 1.54) is 11.9 Å². The van der Waals surface area contributed by atoms with E-state index in [1.807, 2.05) is 18.2 Å². The molecule has 0 bridgehead atoms. The Balaban J connectivity index is 2.18. The lowest BCUT2D eigenvalue weighted by atomic mass is 9.93. The van der Waals surface area contributed by atoms with Crippen LogP contribution in [0, 0.1) is 0 Å². The van der Waals surface area contributed by atoms with Crippen LogP contribution in [0.2, 0.25) is 0 Å².